The number of nitrogens with zero attached hydrogens (tertiary/aromatic N) is 2. The molecular formula is C24H27N3O5. The highest BCUT2D eigenvalue weighted by atomic mass is 16.5. The lowest BCUT2D eigenvalue weighted by atomic mass is 9.96. The second-order valence-corrected chi connectivity index (χ2v) is 8.71. The molecular weight excluding hydrogens is 410 g/mol. The van der Waals surface area contributed by atoms with Gasteiger partial charge in [-0.25, -0.2) is 0 Å². The Morgan fingerprint density at radius 2 is 1.78 bits per heavy atom. The number of hydrogen-bond donors (Lipinski definition) is 1. The molecule has 1 spiro atoms. The predicted octanol–water partition coefficient (Wildman–Crippen LogP) is 2.17. The maximum absolute atomic E-state index is 13.6. The van der Waals surface area contributed by atoms with Crippen molar-refractivity contribution < 1.29 is 23.5 Å². The van der Waals surface area contributed by atoms with E-state index in [9.17, 15) is 14.4 Å². The van der Waals surface area contributed by atoms with E-state index in [0.29, 0.717) is 37.3 Å². The minimum atomic E-state index is -0.889. The number of benzene rings is 1. The Morgan fingerprint density at radius 3 is 2.44 bits per heavy atom. The molecule has 3 heterocycles. The second-order valence-electron chi connectivity index (χ2n) is 8.71. The van der Waals surface area contributed by atoms with Crippen molar-refractivity contribution in [1.29, 1.82) is 0 Å². The van der Waals surface area contributed by atoms with Crippen LogP contribution in [0.2, 0.25) is 0 Å². The van der Waals surface area contributed by atoms with Gasteiger partial charge in [0.25, 0.3) is 5.91 Å². The average molecular weight is 437 g/mol. The lowest BCUT2D eigenvalue weighted by Crippen LogP contribution is -2.59. The number of furan rings is 1. The molecule has 2 aromatic rings. The molecule has 0 radical (unpaired) electrons. The molecule has 1 atom stereocenters. The highest BCUT2D eigenvalue weighted by Crippen LogP contribution is 2.40. The smallest absolute Gasteiger partial charge is 0.256 e. The zero-order valence-electron chi connectivity index (χ0n) is 17.9. The summed E-state index contributed by atoms with van der Waals surface area (Å²) >= 11 is 0. The van der Waals surface area contributed by atoms with Crippen LogP contribution in [0.4, 0.5) is 0 Å². The summed E-state index contributed by atoms with van der Waals surface area (Å²) in [5, 5.41) is 2.86. The molecule has 1 aromatic heterocycles. The molecule has 8 heteroatoms. The number of likely N-dealkylation sites (tertiary alicyclic amines) is 1. The third-order valence-corrected chi connectivity index (χ3v) is 6.60. The van der Waals surface area contributed by atoms with Crippen molar-refractivity contribution in [3.8, 4) is 0 Å². The Hall–Kier alpha value is -3.13. The molecule has 1 N–H and O–H groups in total. The third-order valence-electron chi connectivity index (χ3n) is 6.60. The lowest BCUT2D eigenvalue weighted by Gasteiger charge is -2.44. The van der Waals surface area contributed by atoms with E-state index in [-0.39, 0.29) is 36.8 Å². The van der Waals surface area contributed by atoms with E-state index in [1.54, 1.807) is 47.6 Å². The first-order chi connectivity index (χ1) is 15.6. The van der Waals surface area contributed by atoms with E-state index in [0.717, 1.165) is 12.8 Å². The summed E-state index contributed by atoms with van der Waals surface area (Å²) in [5.74, 6) is 0.490. The van der Waals surface area contributed by atoms with Crippen LogP contribution in [-0.4, -0.2) is 59.0 Å². The van der Waals surface area contributed by atoms with Crippen LogP contribution in [0.3, 0.4) is 0 Å². The van der Waals surface area contributed by atoms with Gasteiger partial charge in [-0.1, -0.05) is 18.2 Å². The lowest BCUT2D eigenvalue weighted by molar-refractivity contribution is -0.144. The summed E-state index contributed by atoms with van der Waals surface area (Å²) in [5.41, 5.74) is -0.377. The van der Waals surface area contributed by atoms with E-state index in [1.165, 1.54) is 0 Å². The molecule has 3 amide bonds. The SMILES string of the molecule is O=C(NCc1ccco1)C1COC2(CCN(C(=O)C3CC3)CC2)N1C(=O)c1ccccc1. The summed E-state index contributed by atoms with van der Waals surface area (Å²) in [6, 6.07) is 11.8. The van der Waals surface area contributed by atoms with E-state index in [4.69, 9.17) is 9.15 Å². The fourth-order valence-corrected chi connectivity index (χ4v) is 4.66. The fraction of sp³-hybridized carbons (Fsp3) is 0.458. The third kappa shape index (κ3) is 3.90. The highest BCUT2D eigenvalue weighted by molar-refractivity contribution is 5.98. The number of ether oxygens (including phenoxy) is 1. The number of carbonyl (C=O) groups is 3. The van der Waals surface area contributed by atoms with Crippen LogP contribution in [0.15, 0.2) is 53.1 Å². The Balaban J connectivity index is 1.36. The van der Waals surface area contributed by atoms with Crippen molar-refractivity contribution in [2.45, 2.75) is 44.0 Å². The number of piperidine rings is 1. The molecule has 3 aliphatic rings. The molecule has 1 saturated carbocycles. The van der Waals surface area contributed by atoms with E-state index in [1.807, 2.05) is 11.0 Å². The molecule has 168 valence electrons. The van der Waals surface area contributed by atoms with Crippen LogP contribution >= 0.6 is 0 Å². The highest BCUT2D eigenvalue weighted by Gasteiger charge is 2.54. The summed E-state index contributed by atoms with van der Waals surface area (Å²) in [4.78, 5) is 42.6. The Labute approximate surface area is 186 Å². The summed E-state index contributed by atoms with van der Waals surface area (Å²) in [7, 11) is 0. The Bertz CT molecular complexity index is 978. The van der Waals surface area contributed by atoms with Crippen molar-refractivity contribution in [2.24, 2.45) is 5.92 Å². The molecule has 32 heavy (non-hydrogen) atoms. The number of nitrogens with one attached hydrogen (secondary N) is 1. The first-order valence-corrected chi connectivity index (χ1v) is 11.2. The maximum atomic E-state index is 13.6. The minimum absolute atomic E-state index is 0.124. The first-order valence-electron chi connectivity index (χ1n) is 11.2. The van der Waals surface area contributed by atoms with Crippen LogP contribution in [0, 0.1) is 5.92 Å². The molecule has 1 aliphatic carbocycles. The van der Waals surface area contributed by atoms with Crippen molar-refractivity contribution in [3.05, 3.63) is 60.1 Å². The van der Waals surface area contributed by atoms with Gasteiger partial charge in [0.05, 0.1) is 19.4 Å². The van der Waals surface area contributed by atoms with Gasteiger partial charge in [0.2, 0.25) is 11.8 Å². The van der Waals surface area contributed by atoms with Crippen LogP contribution in [0.1, 0.15) is 41.8 Å². The number of hydrogen-bond acceptors (Lipinski definition) is 5. The van der Waals surface area contributed by atoms with E-state index < -0.39 is 11.8 Å². The number of rotatable bonds is 5. The molecule has 1 aromatic carbocycles. The summed E-state index contributed by atoms with van der Waals surface area (Å²) in [6.45, 7) is 1.41. The van der Waals surface area contributed by atoms with E-state index in [2.05, 4.69) is 5.32 Å². The van der Waals surface area contributed by atoms with Crippen molar-refractivity contribution >= 4 is 17.7 Å². The van der Waals surface area contributed by atoms with Gasteiger partial charge in [-0.05, 0) is 37.1 Å². The predicted molar refractivity (Wildman–Crippen MR) is 114 cm³/mol. The average Bonchev–Trinajstić information content (AvgIpc) is 3.43. The quantitative estimate of drug-likeness (QED) is 0.774. The van der Waals surface area contributed by atoms with Crippen LogP contribution in [0.25, 0.3) is 0 Å². The van der Waals surface area contributed by atoms with Gasteiger partial charge in [0, 0.05) is 37.4 Å². The Kier molecular flexibility index (Phi) is 5.46. The Morgan fingerprint density at radius 1 is 1.03 bits per heavy atom. The van der Waals surface area contributed by atoms with Gasteiger partial charge in [-0.2, -0.15) is 0 Å². The zero-order chi connectivity index (χ0) is 22.1. The van der Waals surface area contributed by atoms with Crippen LogP contribution < -0.4 is 5.32 Å². The topological polar surface area (TPSA) is 92.1 Å². The van der Waals surface area contributed by atoms with Gasteiger partial charge in [-0.15, -0.1) is 0 Å². The van der Waals surface area contributed by atoms with Crippen molar-refractivity contribution in [1.82, 2.24) is 15.1 Å². The largest absolute Gasteiger partial charge is 0.467 e. The minimum Gasteiger partial charge on any atom is -0.467 e. The standard InChI is InChI=1S/C24H27N3O5/c28-21(25-15-19-7-4-14-31-19)20-16-32-24(27(20)23(30)17-5-2-1-3-6-17)10-12-26(13-11-24)22(29)18-8-9-18/h1-7,14,18,20H,8-13,15-16H2,(H,25,28). The van der Waals surface area contributed by atoms with Gasteiger partial charge in [0.15, 0.2) is 0 Å². The number of carbonyl (C=O) groups excluding carboxylic acids is 3. The number of amides is 3. The molecule has 8 nitrogen and oxygen atoms in total. The summed E-state index contributed by atoms with van der Waals surface area (Å²) in [6.07, 6.45) is 4.47. The van der Waals surface area contributed by atoms with Crippen LogP contribution in [-0.2, 0) is 20.9 Å². The molecule has 2 saturated heterocycles. The van der Waals surface area contributed by atoms with Crippen LogP contribution in [0.5, 0.6) is 0 Å². The van der Waals surface area contributed by atoms with Gasteiger partial charge in [0.1, 0.15) is 17.5 Å². The molecule has 0 bridgehead atoms. The molecule has 2 aliphatic heterocycles. The zero-order valence-corrected chi connectivity index (χ0v) is 17.9. The van der Waals surface area contributed by atoms with Crippen molar-refractivity contribution in [2.75, 3.05) is 19.7 Å². The van der Waals surface area contributed by atoms with E-state index >= 15 is 0 Å². The molecule has 1 unspecified atom stereocenters. The normalized spacial score (nSPS) is 22.2. The molecule has 3 fully saturated rings. The van der Waals surface area contributed by atoms with Crippen molar-refractivity contribution in [3.63, 3.8) is 0 Å². The summed E-state index contributed by atoms with van der Waals surface area (Å²) < 4.78 is 11.5. The first kappa shape index (κ1) is 20.8. The fourth-order valence-electron chi connectivity index (χ4n) is 4.66. The van der Waals surface area contributed by atoms with Gasteiger partial charge >= 0.3 is 0 Å². The van der Waals surface area contributed by atoms with Gasteiger partial charge < -0.3 is 19.4 Å². The van der Waals surface area contributed by atoms with Gasteiger partial charge in [-0.3, -0.25) is 19.3 Å². The second kappa shape index (κ2) is 8.43. The molecule has 5 rings (SSSR count). The monoisotopic (exact) mass is 437 g/mol. The maximum Gasteiger partial charge on any atom is 0.256 e.